The molecule has 1 atom stereocenters. The highest BCUT2D eigenvalue weighted by molar-refractivity contribution is 5.69. The highest BCUT2D eigenvalue weighted by Gasteiger charge is 2.52. The normalized spacial score (nSPS) is 25.1. The predicted molar refractivity (Wildman–Crippen MR) is 79.5 cm³/mol. The Balaban J connectivity index is 1.89. The third-order valence-electron chi connectivity index (χ3n) is 4.45. The van der Waals surface area contributed by atoms with Crippen LogP contribution in [0.15, 0.2) is 0 Å². The number of ether oxygens (including phenoxy) is 1. The second-order valence-electron chi connectivity index (χ2n) is 7.45. The second kappa shape index (κ2) is 5.53. The average Bonchev–Trinajstić information content (AvgIpc) is 3.07. The first-order valence-corrected chi connectivity index (χ1v) is 7.67. The van der Waals surface area contributed by atoms with Crippen LogP contribution in [0, 0.1) is 5.92 Å². The van der Waals surface area contributed by atoms with E-state index in [9.17, 15) is 4.79 Å². The number of nitrogens with zero attached hydrogens (tertiary/aromatic N) is 1. The molecule has 0 radical (unpaired) electrons. The Kier molecular flexibility index (Phi) is 4.30. The SMILES string of the molecule is CN1CCC(C(N)C2(NC(=O)OC(C)(C)C)CC2)CC1. The zero-order valence-corrected chi connectivity index (χ0v) is 13.2. The van der Waals surface area contributed by atoms with Crippen LogP contribution in [0.2, 0.25) is 0 Å². The minimum atomic E-state index is -0.461. The first kappa shape index (κ1) is 15.6. The number of alkyl carbamates (subject to hydrolysis) is 1. The third kappa shape index (κ3) is 3.85. The Morgan fingerprint density at radius 3 is 2.35 bits per heavy atom. The van der Waals surface area contributed by atoms with E-state index in [0.717, 1.165) is 38.8 Å². The van der Waals surface area contributed by atoms with Crippen LogP contribution in [0.5, 0.6) is 0 Å². The van der Waals surface area contributed by atoms with E-state index in [1.54, 1.807) is 0 Å². The summed E-state index contributed by atoms with van der Waals surface area (Å²) in [6, 6.07) is 0.0451. The maximum atomic E-state index is 12.0. The molecule has 1 unspecified atom stereocenters. The van der Waals surface area contributed by atoms with Gasteiger partial charge in [-0.05, 0) is 72.5 Å². The molecule has 116 valence electrons. The summed E-state index contributed by atoms with van der Waals surface area (Å²) in [5.41, 5.74) is 5.78. The van der Waals surface area contributed by atoms with Crippen molar-refractivity contribution in [2.24, 2.45) is 11.7 Å². The molecule has 2 aliphatic rings. The number of hydrogen-bond donors (Lipinski definition) is 2. The van der Waals surface area contributed by atoms with Crippen LogP contribution in [0.4, 0.5) is 4.79 Å². The van der Waals surface area contributed by atoms with Gasteiger partial charge in [-0.15, -0.1) is 0 Å². The molecule has 5 nitrogen and oxygen atoms in total. The molecule has 3 N–H and O–H groups in total. The van der Waals surface area contributed by atoms with Crippen molar-refractivity contribution in [2.45, 2.75) is 63.6 Å². The number of carbonyl (C=O) groups is 1. The largest absolute Gasteiger partial charge is 0.444 e. The molecule has 1 aliphatic carbocycles. The fourth-order valence-electron chi connectivity index (χ4n) is 3.02. The molecular formula is C15H29N3O2. The van der Waals surface area contributed by atoms with Crippen molar-refractivity contribution in [1.82, 2.24) is 10.2 Å². The lowest BCUT2D eigenvalue weighted by Crippen LogP contribution is -2.55. The van der Waals surface area contributed by atoms with Crippen molar-refractivity contribution in [3.05, 3.63) is 0 Å². The molecule has 2 rings (SSSR count). The van der Waals surface area contributed by atoms with Crippen molar-refractivity contribution >= 4 is 6.09 Å². The predicted octanol–water partition coefficient (Wildman–Crippen LogP) is 1.71. The van der Waals surface area contributed by atoms with Gasteiger partial charge in [0.05, 0.1) is 5.54 Å². The van der Waals surface area contributed by atoms with E-state index in [-0.39, 0.29) is 17.7 Å². The van der Waals surface area contributed by atoms with E-state index in [1.807, 2.05) is 20.8 Å². The Morgan fingerprint density at radius 2 is 1.90 bits per heavy atom. The molecule has 0 aromatic heterocycles. The van der Waals surface area contributed by atoms with Crippen molar-refractivity contribution < 1.29 is 9.53 Å². The topological polar surface area (TPSA) is 67.6 Å². The van der Waals surface area contributed by atoms with Gasteiger partial charge in [-0.1, -0.05) is 0 Å². The molecule has 1 saturated heterocycles. The molecule has 20 heavy (non-hydrogen) atoms. The molecule has 1 heterocycles. The maximum absolute atomic E-state index is 12.0. The summed E-state index contributed by atoms with van der Waals surface area (Å²) >= 11 is 0. The van der Waals surface area contributed by atoms with Crippen molar-refractivity contribution in [2.75, 3.05) is 20.1 Å². The number of carbonyl (C=O) groups excluding carboxylic acids is 1. The molecule has 0 spiro atoms. The van der Waals surface area contributed by atoms with Gasteiger partial charge < -0.3 is 20.7 Å². The first-order chi connectivity index (χ1) is 9.22. The summed E-state index contributed by atoms with van der Waals surface area (Å²) in [5, 5.41) is 3.03. The molecule has 1 amide bonds. The van der Waals surface area contributed by atoms with Crippen molar-refractivity contribution in [3.8, 4) is 0 Å². The van der Waals surface area contributed by atoms with Gasteiger partial charge in [0.25, 0.3) is 0 Å². The van der Waals surface area contributed by atoms with Gasteiger partial charge in [0, 0.05) is 6.04 Å². The van der Waals surface area contributed by atoms with E-state index in [1.165, 1.54) is 0 Å². The molecule has 5 heteroatoms. The van der Waals surface area contributed by atoms with Crippen molar-refractivity contribution in [3.63, 3.8) is 0 Å². The van der Waals surface area contributed by atoms with Crippen LogP contribution in [-0.4, -0.2) is 48.3 Å². The summed E-state index contributed by atoms with van der Waals surface area (Å²) < 4.78 is 5.35. The Morgan fingerprint density at radius 1 is 1.35 bits per heavy atom. The minimum absolute atomic E-state index is 0.0451. The van der Waals surface area contributed by atoms with Gasteiger partial charge in [0.15, 0.2) is 0 Å². The second-order valence-corrected chi connectivity index (χ2v) is 7.45. The highest BCUT2D eigenvalue weighted by atomic mass is 16.6. The van der Waals surface area contributed by atoms with Crippen LogP contribution in [-0.2, 0) is 4.74 Å². The van der Waals surface area contributed by atoms with E-state index in [4.69, 9.17) is 10.5 Å². The molecule has 1 aliphatic heterocycles. The molecular weight excluding hydrogens is 254 g/mol. The Bertz CT molecular complexity index is 353. The lowest BCUT2D eigenvalue weighted by molar-refractivity contribution is 0.0471. The van der Waals surface area contributed by atoms with Gasteiger partial charge in [-0.2, -0.15) is 0 Å². The zero-order chi connectivity index (χ0) is 15.0. The Labute approximate surface area is 122 Å². The van der Waals surface area contributed by atoms with Crippen molar-refractivity contribution in [1.29, 1.82) is 0 Å². The summed E-state index contributed by atoms with van der Waals surface area (Å²) in [5.74, 6) is 0.503. The fraction of sp³-hybridized carbons (Fsp3) is 0.933. The quantitative estimate of drug-likeness (QED) is 0.827. The van der Waals surface area contributed by atoms with Gasteiger partial charge in [-0.3, -0.25) is 0 Å². The lowest BCUT2D eigenvalue weighted by Gasteiger charge is -2.37. The minimum Gasteiger partial charge on any atom is -0.444 e. The number of rotatable bonds is 3. The number of amides is 1. The lowest BCUT2D eigenvalue weighted by atomic mass is 9.84. The number of piperidine rings is 1. The summed E-state index contributed by atoms with van der Waals surface area (Å²) in [7, 11) is 2.15. The number of nitrogens with two attached hydrogens (primary N) is 1. The molecule has 1 saturated carbocycles. The highest BCUT2D eigenvalue weighted by Crippen LogP contribution is 2.42. The number of likely N-dealkylation sites (tertiary alicyclic amines) is 1. The van der Waals surface area contributed by atoms with Gasteiger partial charge in [0.1, 0.15) is 5.60 Å². The molecule has 0 bridgehead atoms. The number of nitrogens with one attached hydrogen (secondary N) is 1. The van der Waals surface area contributed by atoms with E-state index >= 15 is 0 Å². The van der Waals surface area contributed by atoms with E-state index in [2.05, 4.69) is 17.3 Å². The Hall–Kier alpha value is -0.810. The fourth-order valence-corrected chi connectivity index (χ4v) is 3.02. The van der Waals surface area contributed by atoms with Gasteiger partial charge >= 0.3 is 6.09 Å². The number of hydrogen-bond acceptors (Lipinski definition) is 4. The van der Waals surface area contributed by atoms with E-state index in [0.29, 0.717) is 5.92 Å². The van der Waals surface area contributed by atoms with Crippen LogP contribution >= 0.6 is 0 Å². The molecule has 2 fully saturated rings. The van der Waals surface area contributed by atoms with Crippen LogP contribution in [0.1, 0.15) is 46.5 Å². The third-order valence-corrected chi connectivity index (χ3v) is 4.45. The monoisotopic (exact) mass is 283 g/mol. The van der Waals surface area contributed by atoms with Crippen LogP contribution in [0.3, 0.4) is 0 Å². The first-order valence-electron chi connectivity index (χ1n) is 7.67. The van der Waals surface area contributed by atoms with Gasteiger partial charge in [-0.25, -0.2) is 4.79 Å². The maximum Gasteiger partial charge on any atom is 0.408 e. The smallest absolute Gasteiger partial charge is 0.408 e. The zero-order valence-electron chi connectivity index (χ0n) is 13.2. The van der Waals surface area contributed by atoms with Crippen LogP contribution < -0.4 is 11.1 Å². The summed E-state index contributed by atoms with van der Waals surface area (Å²) in [6.45, 7) is 7.83. The van der Waals surface area contributed by atoms with Gasteiger partial charge in [0.2, 0.25) is 0 Å². The van der Waals surface area contributed by atoms with E-state index < -0.39 is 5.60 Å². The average molecular weight is 283 g/mol. The molecule has 0 aromatic rings. The van der Waals surface area contributed by atoms with Crippen LogP contribution in [0.25, 0.3) is 0 Å². The summed E-state index contributed by atoms with van der Waals surface area (Å²) in [6.07, 6.45) is 3.85. The summed E-state index contributed by atoms with van der Waals surface area (Å²) in [4.78, 5) is 14.3. The standard InChI is InChI=1S/C15H29N3O2/c1-14(2,3)20-13(19)17-15(7-8-15)12(16)11-5-9-18(4)10-6-11/h11-12H,5-10,16H2,1-4H3,(H,17,19). The molecule has 0 aromatic carbocycles.